The van der Waals surface area contributed by atoms with Gasteiger partial charge in [-0.3, -0.25) is 24.3 Å². The summed E-state index contributed by atoms with van der Waals surface area (Å²) in [6.07, 6.45) is 27.2. The van der Waals surface area contributed by atoms with Crippen LogP contribution in [-0.2, 0) is 29.2 Å². The zero-order valence-electron chi connectivity index (χ0n) is 70.4. The molecular formula is C92H98N26O6. The molecule has 632 valence electrons. The Bertz CT molecular complexity index is 6030. The van der Waals surface area contributed by atoms with E-state index in [9.17, 15) is 30.5 Å². The van der Waals surface area contributed by atoms with Crippen LogP contribution < -0.4 is 43.6 Å². The number of anilines is 6. The number of rotatable bonds is 18. The molecule has 12 fully saturated rings. The topological polar surface area (TPSA) is 318 Å². The van der Waals surface area contributed by atoms with Crippen molar-refractivity contribution in [3.05, 3.63) is 199 Å². The lowest BCUT2D eigenvalue weighted by Crippen LogP contribution is -2.68. The average Bonchev–Trinajstić information content (AvgIpc) is 0.772. The summed E-state index contributed by atoms with van der Waals surface area (Å²) in [5, 5.41) is 53.2. The first-order valence-corrected chi connectivity index (χ1v) is 42.5. The molecule has 6 bridgehead atoms. The molecule has 2 amide bonds. The SMILES string of the molecule is COc1ccc(CN2C3CC2CN(c2ccc(-c4cc(N5CCC(C)(O)CC5)cn5ncc(C#N)c45)cn2)C3)cn1.COc1ccc(CN2C3CC2CN(c2ccc(-c4cc(N5CCN(C(C)=O)CC5)cn5ncc(C#N)c45)cn2)C3)cn1.COc1ccc(CN2C3CC2CN(c2ccc(-c4cc(N5CCN(C)C(=O)C5)cn5ncc(C#N)c45)cn2)C3)cn1. The molecule has 32 nitrogen and oxygen atoms in total. The van der Waals surface area contributed by atoms with Gasteiger partial charge in [-0.15, -0.1) is 0 Å². The minimum atomic E-state index is -0.623. The molecule has 12 aliphatic heterocycles. The van der Waals surface area contributed by atoms with E-state index < -0.39 is 5.60 Å². The minimum absolute atomic E-state index is 0.0842. The number of pyridine rings is 9. The third kappa shape index (κ3) is 15.9. The van der Waals surface area contributed by atoms with E-state index in [0.29, 0.717) is 110 Å². The van der Waals surface area contributed by atoms with Gasteiger partial charge in [-0.1, -0.05) is 18.2 Å². The Hall–Kier alpha value is -13.6. The maximum absolute atomic E-state index is 12.4. The second-order valence-electron chi connectivity index (χ2n) is 34.1. The van der Waals surface area contributed by atoms with Gasteiger partial charge in [0.15, 0.2) is 0 Å². The molecule has 0 radical (unpaired) electrons. The number of methoxy groups -OCH3 is 3. The van der Waals surface area contributed by atoms with Crippen LogP contribution in [0.3, 0.4) is 0 Å². The maximum Gasteiger partial charge on any atom is 0.241 e. The van der Waals surface area contributed by atoms with Crippen molar-refractivity contribution in [1.82, 2.24) is 83.2 Å². The van der Waals surface area contributed by atoms with Crippen molar-refractivity contribution in [2.75, 3.05) is 156 Å². The number of fused-ring (bicyclic) bond motifs is 9. The summed E-state index contributed by atoms with van der Waals surface area (Å²) in [5.41, 5.74) is 15.4. The van der Waals surface area contributed by atoms with Crippen molar-refractivity contribution in [3.8, 4) is 69.2 Å². The number of carbonyl (C=O) groups excluding carboxylic acids is 2. The Balaban J connectivity index is 0.000000122. The van der Waals surface area contributed by atoms with Gasteiger partial charge in [-0.2, -0.15) is 31.1 Å². The largest absolute Gasteiger partial charge is 0.481 e. The summed E-state index contributed by atoms with van der Waals surface area (Å²) in [6.45, 7) is 18.0. The predicted molar refractivity (Wildman–Crippen MR) is 468 cm³/mol. The number of amides is 2. The van der Waals surface area contributed by atoms with Crippen molar-refractivity contribution in [2.24, 2.45) is 0 Å². The van der Waals surface area contributed by atoms with Crippen molar-refractivity contribution in [2.45, 2.75) is 107 Å². The Morgan fingerprint density at radius 3 is 1.07 bits per heavy atom. The summed E-state index contributed by atoms with van der Waals surface area (Å²) in [7, 11) is 6.73. The lowest BCUT2D eigenvalue weighted by molar-refractivity contribution is -0.130. The zero-order valence-corrected chi connectivity index (χ0v) is 70.4. The Morgan fingerprint density at radius 2 is 0.774 bits per heavy atom. The van der Waals surface area contributed by atoms with E-state index in [-0.39, 0.29) is 11.8 Å². The predicted octanol–water partition coefficient (Wildman–Crippen LogP) is 8.70. The third-order valence-electron chi connectivity index (χ3n) is 26.6. The number of aliphatic hydroxyl groups is 1. The number of nitriles is 3. The average molecular weight is 1660 g/mol. The summed E-state index contributed by atoms with van der Waals surface area (Å²) < 4.78 is 20.9. The Labute approximate surface area is 718 Å². The minimum Gasteiger partial charge on any atom is -0.481 e. The van der Waals surface area contributed by atoms with E-state index in [1.165, 1.54) is 36.0 Å². The van der Waals surface area contributed by atoms with E-state index in [4.69, 9.17) is 29.2 Å². The molecule has 0 aromatic carbocycles. The van der Waals surface area contributed by atoms with Crippen LogP contribution in [0.15, 0.2) is 165 Å². The smallest absolute Gasteiger partial charge is 0.241 e. The van der Waals surface area contributed by atoms with Crippen LogP contribution in [0.4, 0.5) is 34.5 Å². The monoisotopic (exact) mass is 1660 g/mol. The second kappa shape index (κ2) is 33.7. The van der Waals surface area contributed by atoms with Gasteiger partial charge < -0.3 is 58.5 Å². The van der Waals surface area contributed by atoms with E-state index in [1.54, 1.807) is 65.3 Å². The van der Waals surface area contributed by atoms with E-state index >= 15 is 0 Å². The molecule has 0 spiro atoms. The highest BCUT2D eigenvalue weighted by Crippen LogP contribution is 2.43. The number of carbonyl (C=O) groups is 2. The quantitative estimate of drug-likeness (QED) is 0.0839. The molecule has 124 heavy (non-hydrogen) atoms. The molecule has 12 aromatic heterocycles. The number of nitrogens with zero attached hydrogens (tertiary/aromatic N) is 26. The highest BCUT2D eigenvalue weighted by Gasteiger charge is 2.48. The molecule has 6 unspecified atom stereocenters. The van der Waals surface area contributed by atoms with Crippen LogP contribution in [0.5, 0.6) is 17.6 Å². The van der Waals surface area contributed by atoms with Crippen molar-refractivity contribution in [3.63, 3.8) is 0 Å². The van der Waals surface area contributed by atoms with Crippen molar-refractivity contribution < 1.29 is 28.9 Å². The molecule has 32 heteroatoms. The molecule has 0 saturated carbocycles. The van der Waals surface area contributed by atoms with Crippen molar-refractivity contribution in [1.29, 1.82) is 15.8 Å². The fourth-order valence-electron chi connectivity index (χ4n) is 19.4. The number of piperazine rings is 5. The van der Waals surface area contributed by atoms with Gasteiger partial charge >= 0.3 is 0 Å². The second-order valence-corrected chi connectivity index (χ2v) is 34.1. The number of hydrogen-bond acceptors (Lipinski definition) is 27. The zero-order chi connectivity index (χ0) is 85.0. The molecule has 6 atom stereocenters. The summed E-state index contributed by atoms with van der Waals surface area (Å²) in [4.78, 5) is 77.0. The van der Waals surface area contributed by atoms with Crippen LogP contribution in [-0.4, -0.2) is 269 Å². The molecule has 12 saturated heterocycles. The fourth-order valence-corrected chi connectivity index (χ4v) is 19.4. The van der Waals surface area contributed by atoms with Crippen molar-refractivity contribution >= 4 is 62.9 Å². The Morgan fingerprint density at radius 1 is 0.435 bits per heavy atom. The number of ether oxygens (including phenoxy) is 3. The lowest BCUT2D eigenvalue weighted by atomic mass is 9.87. The molecule has 24 heterocycles. The van der Waals surface area contributed by atoms with E-state index in [0.717, 1.165) is 176 Å². The number of piperidine rings is 4. The molecule has 0 aliphatic carbocycles. The first kappa shape index (κ1) is 80.2. The lowest BCUT2D eigenvalue weighted by Gasteiger charge is -2.56. The van der Waals surface area contributed by atoms with Gasteiger partial charge in [-0.05, 0) is 110 Å². The number of aromatic nitrogens is 12. The first-order chi connectivity index (χ1) is 60.4. The van der Waals surface area contributed by atoms with Crippen LogP contribution in [0.2, 0.25) is 0 Å². The van der Waals surface area contributed by atoms with Crippen LogP contribution in [0.25, 0.3) is 49.9 Å². The highest BCUT2D eigenvalue weighted by atomic mass is 16.5. The van der Waals surface area contributed by atoms with Gasteiger partial charge in [0, 0.05) is 250 Å². The van der Waals surface area contributed by atoms with Gasteiger partial charge in [0.05, 0.1) is 121 Å². The molecule has 12 aromatic rings. The molecule has 12 aliphatic rings. The van der Waals surface area contributed by atoms with Crippen LogP contribution >= 0.6 is 0 Å². The van der Waals surface area contributed by atoms with Gasteiger partial charge in [0.25, 0.3) is 0 Å². The van der Waals surface area contributed by atoms with Crippen LogP contribution in [0.1, 0.15) is 79.3 Å². The van der Waals surface area contributed by atoms with E-state index in [1.807, 2.05) is 92.8 Å². The summed E-state index contributed by atoms with van der Waals surface area (Å²) in [6, 6.07) is 40.7. The third-order valence-corrected chi connectivity index (χ3v) is 26.6. The standard InChI is InChI=1S/C31H33N9O2.C31H34N8O2.C30H31N9O2/c1-21(41)36-7-9-37(10-8-36)25-12-28(31-24(13-32)16-35-40(31)20-25)23-4-5-29(33-15-23)38-18-26-11-27(19-38)39(26)17-22-3-6-30(42-2)34-14-22;1-31(40)7-9-36(10-8-31)24-12-27(30-23(13-32)16-35-39(30)20-24)22-4-5-28(33-15-22)37-18-25-11-26(19-37)38(25)17-21-3-6-29(41-2)34-14-21;1-35-7-8-36(19-29(35)40)23-10-26(30-22(11-31)14-34-39(30)18-23)21-4-5-27(32-13-21)37-16-24-9-25(17-37)38(24)15-20-3-6-28(41-2)33-12-20/h3-6,12,14-16,20,26-27H,7-11,17-19H2,1-2H3;3-6,12,14-16,20,25-26,40H,7-11,17-19H2,1-2H3;3-6,10,12-14,18,24-25H,7-9,15-17,19H2,1-2H3. The van der Waals surface area contributed by atoms with Gasteiger partial charge in [0.2, 0.25) is 29.5 Å². The summed E-state index contributed by atoms with van der Waals surface area (Å²) >= 11 is 0. The number of likely N-dealkylation sites (N-methyl/N-ethyl adjacent to an activating group) is 1. The maximum atomic E-state index is 12.4. The highest BCUT2D eigenvalue weighted by molar-refractivity contribution is 5.90. The van der Waals surface area contributed by atoms with Gasteiger partial charge in [0.1, 0.15) is 35.7 Å². The molecule has 24 rings (SSSR count). The fraction of sp³-hybridized carbons (Fsp3) is 0.391. The summed E-state index contributed by atoms with van der Waals surface area (Å²) in [5.74, 6) is 5.02. The van der Waals surface area contributed by atoms with Crippen LogP contribution in [0, 0.1) is 34.0 Å². The Kier molecular flexibility index (Phi) is 21.8. The van der Waals surface area contributed by atoms with E-state index in [2.05, 4.69) is 165 Å². The molecular weight excluding hydrogens is 1570 g/mol. The molecule has 1 N–H and O–H groups in total. The van der Waals surface area contributed by atoms with Gasteiger partial charge in [-0.25, -0.2) is 43.5 Å². The number of hydrogen-bond donors (Lipinski definition) is 1. The normalized spacial score (nSPS) is 21.0. The first-order valence-electron chi connectivity index (χ1n) is 42.5.